The van der Waals surface area contributed by atoms with E-state index in [4.69, 9.17) is 4.74 Å². The Bertz CT molecular complexity index is 223. The summed E-state index contributed by atoms with van der Waals surface area (Å²) in [5.41, 5.74) is 0. The van der Waals surface area contributed by atoms with Crippen LogP contribution in [0.2, 0.25) is 0 Å². The maximum absolute atomic E-state index is 5.75. The number of hydrogen-bond acceptors (Lipinski definition) is 2. The zero-order valence-electron chi connectivity index (χ0n) is 10.7. The molecule has 2 nitrogen and oxygen atoms in total. The van der Waals surface area contributed by atoms with E-state index in [9.17, 15) is 0 Å². The first kappa shape index (κ1) is 13.5. The molecule has 2 unspecified atom stereocenters. The van der Waals surface area contributed by atoms with Crippen LogP contribution in [-0.2, 0) is 4.74 Å². The van der Waals surface area contributed by atoms with Gasteiger partial charge in [-0.1, -0.05) is 6.92 Å². The third-order valence-corrected chi connectivity index (χ3v) is 3.13. The lowest BCUT2D eigenvalue weighted by molar-refractivity contribution is 0.00868. The molecule has 0 saturated carbocycles. The topological polar surface area (TPSA) is 21.3 Å². The van der Waals surface area contributed by atoms with Crippen molar-refractivity contribution in [3.63, 3.8) is 0 Å². The van der Waals surface area contributed by atoms with Crippen LogP contribution in [0.25, 0.3) is 0 Å². The third-order valence-electron chi connectivity index (χ3n) is 3.13. The molecule has 2 atom stereocenters. The number of ether oxygens (including phenoxy) is 1. The molecule has 0 bridgehead atoms. The first-order valence-corrected chi connectivity index (χ1v) is 6.61. The summed E-state index contributed by atoms with van der Waals surface area (Å²) < 4.78 is 5.75. The van der Waals surface area contributed by atoms with Crippen molar-refractivity contribution in [3.8, 4) is 11.8 Å². The van der Waals surface area contributed by atoms with Crippen molar-refractivity contribution in [2.75, 3.05) is 13.2 Å². The summed E-state index contributed by atoms with van der Waals surface area (Å²) >= 11 is 0. The molecule has 1 rings (SSSR count). The maximum Gasteiger partial charge on any atom is 0.0575 e. The predicted octanol–water partition coefficient (Wildman–Crippen LogP) is 2.73. The van der Waals surface area contributed by atoms with E-state index in [0.29, 0.717) is 12.1 Å². The largest absolute Gasteiger partial charge is 0.378 e. The first-order chi connectivity index (χ1) is 7.86. The van der Waals surface area contributed by atoms with Crippen LogP contribution in [0.4, 0.5) is 0 Å². The minimum Gasteiger partial charge on any atom is -0.378 e. The van der Waals surface area contributed by atoms with Crippen molar-refractivity contribution in [2.45, 2.75) is 64.5 Å². The zero-order valence-corrected chi connectivity index (χ0v) is 10.7. The van der Waals surface area contributed by atoms with E-state index in [0.717, 1.165) is 19.6 Å². The quantitative estimate of drug-likeness (QED) is 0.699. The Morgan fingerprint density at radius 2 is 2.31 bits per heavy atom. The summed E-state index contributed by atoms with van der Waals surface area (Å²) in [6.07, 6.45) is 7.68. The predicted molar refractivity (Wildman–Crippen MR) is 68.4 cm³/mol. The smallest absolute Gasteiger partial charge is 0.0575 e. The van der Waals surface area contributed by atoms with E-state index >= 15 is 0 Å². The number of nitrogens with one attached hydrogen (secondary N) is 1. The Balaban J connectivity index is 2.20. The molecule has 0 amide bonds. The van der Waals surface area contributed by atoms with E-state index in [-0.39, 0.29) is 0 Å². The van der Waals surface area contributed by atoms with Crippen LogP contribution in [-0.4, -0.2) is 25.3 Å². The summed E-state index contributed by atoms with van der Waals surface area (Å²) in [5, 5.41) is 3.50. The minimum atomic E-state index is 0.504. The van der Waals surface area contributed by atoms with Crippen molar-refractivity contribution in [1.29, 1.82) is 0 Å². The Morgan fingerprint density at radius 1 is 1.44 bits per heavy atom. The van der Waals surface area contributed by atoms with Crippen LogP contribution in [0.1, 0.15) is 52.4 Å². The zero-order chi connectivity index (χ0) is 11.6. The lowest BCUT2D eigenvalue weighted by Gasteiger charge is -2.24. The van der Waals surface area contributed by atoms with Crippen LogP contribution in [0.15, 0.2) is 0 Å². The molecule has 1 N–H and O–H groups in total. The highest BCUT2D eigenvalue weighted by Crippen LogP contribution is 2.18. The Kier molecular flexibility index (Phi) is 7.29. The fourth-order valence-electron chi connectivity index (χ4n) is 2.21. The molecule has 16 heavy (non-hydrogen) atoms. The second kappa shape index (κ2) is 8.61. The second-order valence-electron chi connectivity index (χ2n) is 4.45. The lowest BCUT2D eigenvalue weighted by Crippen LogP contribution is -2.30. The summed E-state index contributed by atoms with van der Waals surface area (Å²) in [4.78, 5) is 0. The summed E-state index contributed by atoms with van der Waals surface area (Å²) in [6.45, 7) is 6.06. The van der Waals surface area contributed by atoms with E-state index in [1.807, 2.05) is 6.92 Å². The Hall–Kier alpha value is -0.520. The van der Waals surface area contributed by atoms with Crippen LogP contribution in [0, 0.1) is 11.8 Å². The van der Waals surface area contributed by atoms with Gasteiger partial charge in [-0.2, -0.15) is 0 Å². The van der Waals surface area contributed by atoms with Gasteiger partial charge in [0.05, 0.1) is 6.10 Å². The van der Waals surface area contributed by atoms with Gasteiger partial charge >= 0.3 is 0 Å². The van der Waals surface area contributed by atoms with Crippen molar-refractivity contribution < 1.29 is 4.74 Å². The average Bonchev–Trinajstić information content (AvgIpc) is 2.34. The van der Waals surface area contributed by atoms with Crippen LogP contribution >= 0.6 is 0 Å². The Labute approximate surface area is 100 Å². The van der Waals surface area contributed by atoms with Gasteiger partial charge in [-0.3, -0.25) is 0 Å². The molecule has 1 saturated heterocycles. The fourth-order valence-corrected chi connectivity index (χ4v) is 2.21. The molecule has 0 aromatic rings. The SMILES string of the molecule is CC#CCC(CCC1CCCCO1)NCC. The summed E-state index contributed by atoms with van der Waals surface area (Å²) in [6, 6.07) is 0.544. The van der Waals surface area contributed by atoms with Crippen molar-refractivity contribution in [2.24, 2.45) is 0 Å². The van der Waals surface area contributed by atoms with Crippen molar-refractivity contribution in [1.82, 2.24) is 5.32 Å². The maximum atomic E-state index is 5.75. The van der Waals surface area contributed by atoms with E-state index in [2.05, 4.69) is 24.1 Å². The van der Waals surface area contributed by atoms with Gasteiger partial charge in [0, 0.05) is 19.1 Å². The molecule has 1 aliphatic rings. The van der Waals surface area contributed by atoms with Crippen molar-refractivity contribution in [3.05, 3.63) is 0 Å². The van der Waals surface area contributed by atoms with E-state index in [1.165, 1.54) is 32.1 Å². The van der Waals surface area contributed by atoms with Gasteiger partial charge < -0.3 is 10.1 Å². The van der Waals surface area contributed by atoms with Crippen LogP contribution in [0.5, 0.6) is 0 Å². The monoisotopic (exact) mass is 223 g/mol. The van der Waals surface area contributed by atoms with Crippen LogP contribution < -0.4 is 5.32 Å². The van der Waals surface area contributed by atoms with Gasteiger partial charge in [-0.25, -0.2) is 0 Å². The lowest BCUT2D eigenvalue weighted by atomic mass is 10.00. The molecule has 0 spiro atoms. The average molecular weight is 223 g/mol. The number of hydrogen-bond donors (Lipinski definition) is 1. The molecule has 1 heterocycles. The van der Waals surface area contributed by atoms with Gasteiger partial charge in [-0.15, -0.1) is 11.8 Å². The van der Waals surface area contributed by atoms with Gasteiger partial charge in [0.2, 0.25) is 0 Å². The summed E-state index contributed by atoms with van der Waals surface area (Å²) in [5.74, 6) is 6.14. The van der Waals surface area contributed by atoms with Gasteiger partial charge in [-0.05, 0) is 45.6 Å². The first-order valence-electron chi connectivity index (χ1n) is 6.61. The van der Waals surface area contributed by atoms with Gasteiger partial charge in [0.1, 0.15) is 0 Å². The molecule has 2 heteroatoms. The highest BCUT2D eigenvalue weighted by Gasteiger charge is 2.15. The number of rotatable bonds is 6. The molecule has 1 aliphatic heterocycles. The second-order valence-corrected chi connectivity index (χ2v) is 4.45. The summed E-state index contributed by atoms with van der Waals surface area (Å²) in [7, 11) is 0. The highest BCUT2D eigenvalue weighted by molar-refractivity contribution is 4.98. The third kappa shape index (κ3) is 5.53. The minimum absolute atomic E-state index is 0.504. The fraction of sp³-hybridized carbons (Fsp3) is 0.857. The molecular formula is C14H25NO. The molecule has 0 radical (unpaired) electrons. The van der Waals surface area contributed by atoms with E-state index in [1.54, 1.807) is 0 Å². The standard InChI is InChI=1S/C14H25NO/c1-3-5-8-13(15-4-2)10-11-14-9-6-7-12-16-14/h13-15H,4,6-12H2,1-2H3. The normalized spacial score (nSPS) is 22.2. The van der Waals surface area contributed by atoms with Crippen LogP contribution in [0.3, 0.4) is 0 Å². The highest BCUT2D eigenvalue weighted by atomic mass is 16.5. The van der Waals surface area contributed by atoms with Gasteiger partial charge in [0.15, 0.2) is 0 Å². The van der Waals surface area contributed by atoms with E-state index < -0.39 is 0 Å². The van der Waals surface area contributed by atoms with Crippen molar-refractivity contribution >= 4 is 0 Å². The molecule has 0 aliphatic carbocycles. The molecule has 0 aromatic carbocycles. The van der Waals surface area contributed by atoms with Gasteiger partial charge in [0.25, 0.3) is 0 Å². The molecule has 92 valence electrons. The molecule has 0 aromatic heterocycles. The Morgan fingerprint density at radius 3 is 2.94 bits per heavy atom. The molecule has 1 fully saturated rings. The molecular weight excluding hydrogens is 198 g/mol.